The van der Waals surface area contributed by atoms with Gasteiger partial charge in [0.2, 0.25) is 0 Å². The van der Waals surface area contributed by atoms with Crippen molar-refractivity contribution in [2.45, 2.75) is 57.5 Å². The topological polar surface area (TPSA) is 44.8 Å². The first-order chi connectivity index (χ1) is 10.5. The molecule has 2 fully saturated rings. The molecule has 0 saturated carbocycles. The zero-order chi connectivity index (χ0) is 17.3. The van der Waals surface area contributed by atoms with Gasteiger partial charge in [-0.1, -0.05) is 0 Å². The maximum Gasteiger partial charge on any atom is 0.410 e. The fourth-order valence-electron chi connectivity index (χ4n) is 2.90. The van der Waals surface area contributed by atoms with Gasteiger partial charge >= 0.3 is 12.3 Å². The van der Waals surface area contributed by atoms with Gasteiger partial charge in [0, 0.05) is 25.2 Å². The molecule has 0 radical (unpaired) electrons. The summed E-state index contributed by atoms with van der Waals surface area (Å²) in [5.74, 6) is 0. The Hall–Kier alpha value is -1.02. The second-order valence-electron chi connectivity index (χ2n) is 7.41. The minimum atomic E-state index is -4.12. The van der Waals surface area contributed by atoms with Crippen LogP contribution in [0, 0.1) is 0 Å². The molecule has 0 aromatic rings. The Balaban J connectivity index is 1.63. The highest BCUT2D eigenvalue weighted by Crippen LogP contribution is 2.21. The fraction of sp³-hybridized carbons (Fsp3) is 0.933. The number of amides is 1. The molecule has 0 bridgehead atoms. The standard InChI is InChI=1S/C15H26F3N3O2/c1-14(2,3)23-13(22)21-8-12(9-21)19-11-4-6-20(7-5-11)10-15(16,17)18/h11-12,19H,4-10H2,1-3H3. The molecular formula is C15H26F3N3O2. The minimum absolute atomic E-state index is 0.210. The van der Waals surface area contributed by atoms with E-state index in [1.807, 2.05) is 20.8 Å². The number of likely N-dealkylation sites (tertiary alicyclic amines) is 2. The predicted molar refractivity (Wildman–Crippen MR) is 80.2 cm³/mol. The predicted octanol–water partition coefficient (Wildman–Crippen LogP) is 2.22. The lowest BCUT2D eigenvalue weighted by Gasteiger charge is -2.43. The maximum absolute atomic E-state index is 12.3. The van der Waals surface area contributed by atoms with Gasteiger partial charge in [-0.25, -0.2) is 4.79 Å². The molecule has 23 heavy (non-hydrogen) atoms. The van der Waals surface area contributed by atoms with Crippen molar-refractivity contribution >= 4 is 6.09 Å². The monoisotopic (exact) mass is 337 g/mol. The summed E-state index contributed by atoms with van der Waals surface area (Å²) in [6.45, 7) is 6.77. The number of ether oxygens (including phenoxy) is 1. The number of rotatable bonds is 3. The van der Waals surface area contributed by atoms with Crippen molar-refractivity contribution < 1.29 is 22.7 Å². The van der Waals surface area contributed by atoms with Crippen LogP contribution in [0.5, 0.6) is 0 Å². The summed E-state index contributed by atoms with van der Waals surface area (Å²) >= 11 is 0. The number of nitrogens with one attached hydrogen (secondary N) is 1. The molecule has 0 spiro atoms. The van der Waals surface area contributed by atoms with Gasteiger partial charge in [0.25, 0.3) is 0 Å². The third-order valence-corrected chi connectivity index (χ3v) is 4.00. The van der Waals surface area contributed by atoms with Gasteiger partial charge in [0.05, 0.1) is 6.54 Å². The van der Waals surface area contributed by atoms with Crippen LogP contribution in [0.1, 0.15) is 33.6 Å². The number of piperidine rings is 1. The number of hydrogen-bond acceptors (Lipinski definition) is 4. The summed E-state index contributed by atoms with van der Waals surface area (Å²) < 4.78 is 42.3. The van der Waals surface area contributed by atoms with E-state index in [0.29, 0.717) is 39.0 Å². The van der Waals surface area contributed by atoms with E-state index < -0.39 is 18.3 Å². The number of carbonyl (C=O) groups excluding carboxylic acids is 1. The van der Waals surface area contributed by atoms with E-state index in [9.17, 15) is 18.0 Å². The van der Waals surface area contributed by atoms with E-state index in [0.717, 1.165) is 0 Å². The highest BCUT2D eigenvalue weighted by molar-refractivity contribution is 5.69. The van der Waals surface area contributed by atoms with Crippen molar-refractivity contribution in [3.63, 3.8) is 0 Å². The lowest BCUT2D eigenvalue weighted by molar-refractivity contribution is -0.148. The van der Waals surface area contributed by atoms with Crippen molar-refractivity contribution in [3.8, 4) is 0 Å². The highest BCUT2D eigenvalue weighted by Gasteiger charge is 2.36. The van der Waals surface area contributed by atoms with Crippen molar-refractivity contribution in [3.05, 3.63) is 0 Å². The van der Waals surface area contributed by atoms with E-state index in [2.05, 4.69) is 5.32 Å². The smallest absolute Gasteiger partial charge is 0.410 e. The Bertz CT molecular complexity index is 409. The molecule has 2 heterocycles. The van der Waals surface area contributed by atoms with Crippen LogP contribution >= 0.6 is 0 Å². The first kappa shape index (κ1) is 18.3. The van der Waals surface area contributed by atoms with Crippen molar-refractivity contribution in [1.82, 2.24) is 15.1 Å². The Morgan fingerprint density at radius 3 is 2.17 bits per heavy atom. The fourth-order valence-corrected chi connectivity index (χ4v) is 2.90. The summed E-state index contributed by atoms with van der Waals surface area (Å²) in [6.07, 6.45) is -3.02. The third-order valence-electron chi connectivity index (χ3n) is 4.00. The van der Waals surface area contributed by atoms with Gasteiger partial charge in [-0.3, -0.25) is 4.90 Å². The van der Waals surface area contributed by atoms with Crippen LogP contribution in [0.25, 0.3) is 0 Å². The SMILES string of the molecule is CC(C)(C)OC(=O)N1CC(NC2CCN(CC(F)(F)F)CC2)C1. The molecule has 5 nitrogen and oxygen atoms in total. The Labute approximate surface area is 135 Å². The summed E-state index contributed by atoms with van der Waals surface area (Å²) in [6, 6.07) is 0.437. The van der Waals surface area contributed by atoms with Gasteiger partial charge in [0.15, 0.2) is 0 Å². The number of hydrogen-bond donors (Lipinski definition) is 1. The van der Waals surface area contributed by atoms with E-state index >= 15 is 0 Å². The summed E-state index contributed by atoms with van der Waals surface area (Å²) in [7, 11) is 0. The van der Waals surface area contributed by atoms with Crippen LogP contribution in [-0.2, 0) is 4.74 Å². The molecule has 0 aromatic heterocycles. The highest BCUT2D eigenvalue weighted by atomic mass is 19.4. The third kappa shape index (κ3) is 6.18. The van der Waals surface area contributed by atoms with Crippen LogP contribution in [0.3, 0.4) is 0 Å². The number of alkyl halides is 3. The van der Waals surface area contributed by atoms with Crippen LogP contribution in [0.2, 0.25) is 0 Å². The molecule has 0 aromatic carbocycles. The van der Waals surface area contributed by atoms with Crippen molar-refractivity contribution in [2.24, 2.45) is 0 Å². The summed E-state index contributed by atoms with van der Waals surface area (Å²) in [5.41, 5.74) is -0.499. The number of halogens is 3. The van der Waals surface area contributed by atoms with Gasteiger partial charge in [-0.2, -0.15) is 13.2 Å². The van der Waals surface area contributed by atoms with Crippen LogP contribution in [0.15, 0.2) is 0 Å². The van der Waals surface area contributed by atoms with Crippen LogP contribution in [-0.4, -0.2) is 72.5 Å². The molecule has 0 atom stereocenters. The first-order valence-corrected chi connectivity index (χ1v) is 8.05. The lowest BCUT2D eigenvalue weighted by Crippen LogP contribution is -2.63. The molecule has 2 rings (SSSR count). The average Bonchev–Trinajstić information content (AvgIpc) is 2.31. The number of nitrogens with zero attached hydrogens (tertiary/aromatic N) is 2. The average molecular weight is 337 g/mol. The molecule has 1 N–H and O–H groups in total. The van der Waals surface area contributed by atoms with Gasteiger partial charge in [-0.15, -0.1) is 0 Å². The molecular weight excluding hydrogens is 311 g/mol. The van der Waals surface area contributed by atoms with E-state index in [-0.39, 0.29) is 18.2 Å². The van der Waals surface area contributed by atoms with E-state index in [1.54, 1.807) is 4.90 Å². The molecule has 2 aliphatic rings. The molecule has 2 saturated heterocycles. The summed E-state index contributed by atoms with van der Waals surface area (Å²) in [4.78, 5) is 14.9. The minimum Gasteiger partial charge on any atom is -0.444 e. The quantitative estimate of drug-likeness (QED) is 0.858. The maximum atomic E-state index is 12.3. The lowest BCUT2D eigenvalue weighted by atomic mass is 10.0. The van der Waals surface area contributed by atoms with Crippen LogP contribution < -0.4 is 5.32 Å². The second-order valence-corrected chi connectivity index (χ2v) is 7.41. The largest absolute Gasteiger partial charge is 0.444 e. The summed E-state index contributed by atoms with van der Waals surface area (Å²) in [5, 5.41) is 3.43. The zero-order valence-electron chi connectivity index (χ0n) is 13.9. The molecule has 2 aliphatic heterocycles. The molecule has 0 aliphatic carbocycles. The van der Waals surface area contributed by atoms with Gasteiger partial charge in [-0.05, 0) is 46.7 Å². The van der Waals surface area contributed by atoms with Crippen molar-refractivity contribution in [1.29, 1.82) is 0 Å². The van der Waals surface area contributed by atoms with Crippen molar-refractivity contribution in [2.75, 3.05) is 32.7 Å². The van der Waals surface area contributed by atoms with E-state index in [4.69, 9.17) is 4.74 Å². The molecule has 1 amide bonds. The Morgan fingerprint density at radius 1 is 1.13 bits per heavy atom. The van der Waals surface area contributed by atoms with Crippen LogP contribution in [0.4, 0.5) is 18.0 Å². The van der Waals surface area contributed by atoms with Gasteiger partial charge < -0.3 is 15.0 Å². The zero-order valence-corrected chi connectivity index (χ0v) is 13.9. The molecule has 8 heteroatoms. The van der Waals surface area contributed by atoms with Gasteiger partial charge in [0.1, 0.15) is 5.60 Å². The normalized spacial score (nSPS) is 22.1. The second kappa shape index (κ2) is 6.84. The Morgan fingerprint density at radius 2 is 1.70 bits per heavy atom. The molecule has 134 valence electrons. The molecule has 0 unspecified atom stereocenters. The first-order valence-electron chi connectivity index (χ1n) is 8.05. The van der Waals surface area contributed by atoms with E-state index in [1.165, 1.54) is 4.90 Å². The number of carbonyl (C=O) groups is 1. The Kier molecular flexibility index (Phi) is 5.45.